The zero-order chi connectivity index (χ0) is 13.8. The third kappa shape index (κ3) is 3.06. The number of likely N-dealkylation sites (N-methyl/N-ethyl adjacent to an activating group) is 1. The van der Waals surface area contributed by atoms with Crippen molar-refractivity contribution in [2.24, 2.45) is 0 Å². The van der Waals surface area contributed by atoms with E-state index >= 15 is 0 Å². The maximum atomic E-state index is 4.59. The van der Waals surface area contributed by atoms with Gasteiger partial charge in [0.2, 0.25) is 0 Å². The monoisotopic (exact) mass is 274 g/mol. The van der Waals surface area contributed by atoms with E-state index in [2.05, 4.69) is 33.2 Å². The van der Waals surface area contributed by atoms with Gasteiger partial charge in [-0.1, -0.05) is 6.42 Å². The lowest BCUT2D eigenvalue weighted by atomic mass is 10.0. The molecule has 110 valence electrons. The summed E-state index contributed by atoms with van der Waals surface area (Å²) in [5.41, 5.74) is 1.20. The van der Waals surface area contributed by atoms with Crippen LogP contribution in [0.5, 0.6) is 0 Å². The molecular formula is C16H26N4. The highest BCUT2D eigenvalue weighted by atomic mass is 15.2. The Kier molecular flexibility index (Phi) is 4.41. The average molecular weight is 274 g/mol. The minimum Gasteiger partial charge on any atom is -0.380 e. The van der Waals surface area contributed by atoms with E-state index in [-0.39, 0.29) is 0 Å². The highest BCUT2D eigenvalue weighted by Gasteiger charge is 2.20. The maximum Gasteiger partial charge on any atom is 0.151 e. The molecule has 4 nitrogen and oxygen atoms in total. The normalized spacial score (nSPS) is 24.1. The Hall–Kier alpha value is -1.29. The van der Waals surface area contributed by atoms with E-state index < -0.39 is 0 Å². The summed E-state index contributed by atoms with van der Waals surface area (Å²) < 4.78 is 0. The minimum absolute atomic E-state index is 0.662. The van der Waals surface area contributed by atoms with Crippen LogP contribution < -0.4 is 10.2 Å². The van der Waals surface area contributed by atoms with E-state index in [0.717, 1.165) is 25.5 Å². The summed E-state index contributed by atoms with van der Waals surface area (Å²) >= 11 is 0. The van der Waals surface area contributed by atoms with Gasteiger partial charge in [-0.2, -0.15) is 0 Å². The molecule has 0 radical (unpaired) electrons. The van der Waals surface area contributed by atoms with E-state index in [9.17, 15) is 0 Å². The van der Waals surface area contributed by atoms with Gasteiger partial charge in [0, 0.05) is 31.9 Å². The Morgan fingerprint density at radius 3 is 2.80 bits per heavy atom. The van der Waals surface area contributed by atoms with E-state index in [1.54, 1.807) is 0 Å². The number of pyridine rings is 1. The smallest absolute Gasteiger partial charge is 0.151 e. The predicted octanol–water partition coefficient (Wildman–Crippen LogP) is 2.58. The van der Waals surface area contributed by atoms with Crippen LogP contribution in [-0.4, -0.2) is 49.2 Å². The van der Waals surface area contributed by atoms with Gasteiger partial charge >= 0.3 is 0 Å². The van der Waals surface area contributed by atoms with Crippen LogP contribution in [0, 0.1) is 0 Å². The number of piperidine rings is 1. The Balaban J connectivity index is 1.64. The van der Waals surface area contributed by atoms with Gasteiger partial charge in [0.15, 0.2) is 5.82 Å². The fraction of sp³-hybridized carbons (Fsp3) is 0.688. The number of rotatable bonds is 4. The molecule has 1 atom stereocenters. The van der Waals surface area contributed by atoms with Crippen molar-refractivity contribution in [3.05, 3.63) is 18.3 Å². The van der Waals surface area contributed by atoms with Crippen molar-refractivity contribution in [3.63, 3.8) is 0 Å². The molecule has 0 amide bonds. The van der Waals surface area contributed by atoms with Crippen molar-refractivity contribution >= 4 is 11.5 Å². The van der Waals surface area contributed by atoms with Gasteiger partial charge in [0.05, 0.1) is 5.69 Å². The second-order valence-electron chi connectivity index (χ2n) is 6.08. The first-order valence-electron chi connectivity index (χ1n) is 7.98. The molecule has 2 aliphatic rings. The lowest BCUT2D eigenvalue weighted by Gasteiger charge is -2.33. The number of nitrogens with one attached hydrogen (secondary N) is 1. The first-order valence-corrected chi connectivity index (χ1v) is 7.98. The molecule has 0 saturated carbocycles. The summed E-state index contributed by atoms with van der Waals surface area (Å²) in [7, 11) is 2.25. The first-order chi connectivity index (χ1) is 9.84. The van der Waals surface area contributed by atoms with Crippen LogP contribution in [-0.2, 0) is 0 Å². The van der Waals surface area contributed by atoms with Gasteiger partial charge in [-0.05, 0) is 51.4 Å². The van der Waals surface area contributed by atoms with Crippen molar-refractivity contribution in [2.45, 2.75) is 38.1 Å². The molecule has 0 bridgehead atoms. The summed E-state index contributed by atoms with van der Waals surface area (Å²) in [6, 6.07) is 4.87. The van der Waals surface area contributed by atoms with Crippen LogP contribution in [0.15, 0.2) is 18.3 Å². The number of hydrogen-bond acceptors (Lipinski definition) is 4. The Morgan fingerprint density at radius 2 is 2.00 bits per heavy atom. The van der Waals surface area contributed by atoms with Crippen LogP contribution in [0.4, 0.5) is 11.5 Å². The molecule has 0 spiro atoms. The van der Waals surface area contributed by atoms with Crippen LogP contribution >= 0.6 is 0 Å². The quantitative estimate of drug-likeness (QED) is 0.914. The Bertz CT molecular complexity index is 428. The molecule has 3 heterocycles. The summed E-state index contributed by atoms with van der Waals surface area (Å²) in [6.07, 6.45) is 8.51. The van der Waals surface area contributed by atoms with Gasteiger partial charge < -0.3 is 15.1 Å². The van der Waals surface area contributed by atoms with E-state index in [4.69, 9.17) is 0 Å². The number of nitrogens with zero attached hydrogens (tertiary/aromatic N) is 3. The maximum absolute atomic E-state index is 4.59. The van der Waals surface area contributed by atoms with Gasteiger partial charge in [-0.3, -0.25) is 0 Å². The molecule has 20 heavy (non-hydrogen) atoms. The van der Waals surface area contributed by atoms with Crippen LogP contribution in [0.2, 0.25) is 0 Å². The zero-order valence-corrected chi connectivity index (χ0v) is 12.5. The molecular weight excluding hydrogens is 248 g/mol. The first kappa shape index (κ1) is 13.7. The summed E-state index contributed by atoms with van der Waals surface area (Å²) in [5.74, 6) is 1.14. The van der Waals surface area contributed by atoms with Crippen LogP contribution in [0.1, 0.15) is 32.1 Å². The summed E-state index contributed by atoms with van der Waals surface area (Å²) in [6.45, 7) is 4.56. The SMILES string of the molecule is CN1CCCCC1CNc1cccnc1N1CCCC1. The van der Waals surface area contributed by atoms with E-state index in [0.29, 0.717) is 6.04 Å². The summed E-state index contributed by atoms with van der Waals surface area (Å²) in [5, 5.41) is 3.64. The molecule has 1 aromatic heterocycles. The van der Waals surface area contributed by atoms with Crippen molar-refractivity contribution in [3.8, 4) is 0 Å². The largest absolute Gasteiger partial charge is 0.380 e. The van der Waals surface area contributed by atoms with Gasteiger partial charge in [-0.25, -0.2) is 4.98 Å². The molecule has 2 saturated heterocycles. The Labute approximate surface area is 122 Å². The molecule has 2 aliphatic heterocycles. The van der Waals surface area contributed by atoms with Gasteiger partial charge in [0.25, 0.3) is 0 Å². The molecule has 1 N–H and O–H groups in total. The molecule has 4 heteroatoms. The van der Waals surface area contributed by atoms with Crippen molar-refractivity contribution in [2.75, 3.05) is 43.4 Å². The fourth-order valence-electron chi connectivity index (χ4n) is 3.35. The number of anilines is 2. The van der Waals surface area contributed by atoms with Crippen molar-refractivity contribution in [1.29, 1.82) is 0 Å². The average Bonchev–Trinajstić information content (AvgIpc) is 3.01. The molecule has 0 aliphatic carbocycles. The lowest BCUT2D eigenvalue weighted by Crippen LogP contribution is -2.41. The van der Waals surface area contributed by atoms with Gasteiger partial charge in [-0.15, -0.1) is 0 Å². The molecule has 2 fully saturated rings. The third-order valence-electron chi connectivity index (χ3n) is 4.64. The van der Waals surface area contributed by atoms with Crippen molar-refractivity contribution < 1.29 is 0 Å². The lowest BCUT2D eigenvalue weighted by molar-refractivity contribution is 0.194. The highest BCUT2D eigenvalue weighted by molar-refractivity contribution is 5.65. The third-order valence-corrected chi connectivity index (χ3v) is 4.64. The minimum atomic E-state index is 0.662. The van der Waals surface area contributed by atoms with E-state index in [1.807, 2.05) is 12.3 Å². The fourth-order valence-corrected chi connectivity index (χ4v) is 3.35. The number of aromatic nitrogens is 1. The van der Waals surface area contributed by atoms with Crippen molar-refractivity contribution in [1.82, 2.24) is 9.88 Å². The molecule has 1 unspecified atom stereocenters. The highest BCUT2D eigenvalue weighted by Crippen LogP contribution is 2.26. The summed E-state index contributed by atoms with van der Waals surface area (Å²) in [4.78, 5) is 9.49. The van der Waals surface area contributed by atoms with Crippen LogP contribution in [0.3, 0.4) is 0 Å². The second-order valence-corrected chi connectivity index (χ2v) is 6.08. The topological polar surface area (TPSA) is 31.4 Å². The molecule has 0 aromatic carbocycles. The molecule has 3 rings (SSSR count). The standard InChI is InChI=1S/C16H26N4/c1-19-10-3-2-7-14(19)13-18-15-8-6-9-17-16(15)20-11-4-5-12-20/h6,8-9,14,18H,2-5,7,10-13H2,1H3. The number of hydrogen-bond donors (Lipinski definition) is 1. The molecule has 1 aromatic rings. The van der Waals surface area contributed by atoms with Crippen LogP contribution in [0.25, 0.3) is 0 Å². The predicted molar refractivity (Wildman–Crippen MR) is 84.4 cm³/mol. The van der Waals surface area contributed by atoms with E-state index in [1.165, 1.54) is 44.3 Å². The zero-order valence-electron chi connectivity index (χ0n) is 12.5. The second kappa shape index (κ2) is 6.44. The Morgan fingerprint density at radius 1 is 1.20 bits per heavy atom. The number of likely N-dealkylation sites (tertiary alicyclic amines) is 1. The van der Waals surface area contributed by atoms with Gasteiger partial charge in [0.1, 0.15) is 0 Å².